The van der Waals surface area contributed by atoms with E-state index in [0.717, 1.165) is 0 Å². The molecule has 0 amide bonds. The van der Waals surface area contributed by atoms with E-state index < -0.39 is 5.97 Å². The van der Waals surface area contributed by atoms with Crippen LogP contribution in [0.2, 0.25) is 0 Å². The number of carbonyl (C=O) groups is 1. The molecule has 0 bridgehead atoms. The molecule has 1 aromatic heterocycles. The van der Waals surface area contributed by atoms with Crippen molar-refractivity contribution in [3.63, 3.8) is 0 Å². The molecule has 0 aliphatic rings. The molecule has 0 aliphatic heterocycles. The van der Waals surface area contributed by atoms with Gasteiger partial charge >= 0.3 is 5.97 Å². The van der Waals surface area contributed by atoms with E-state index in [1.165, 1.54) is 13.3 Å². The van der Waals surface area contributed by atoms with Crippen molar-refractivity contribution in [2.45, 2.75) is 6.92 Å². The zero-order valence-corrected chi connectivity index (χ0v) is 10.4. The zero-order chi connectivity index (χ0) is 13.2. The van der Waals surface area contributed by atoms with Crippen molar-refractivity contribution in [3.05, 3.63) is 24.0 Å². The lowest BCUT2D eigenvalue weighted by molar-refractivity contribution is 0.0381. The lowest BCUT2D eigenvalue weighted by Crippen LogP contribution is -2.11. The van der Waals surface area contributed by atoms with Gasteiger partial charge in [-0.05, 0) is 19.1 Å². The molecule has 96 valence electrons. The maximum atomic E-state index is 11.5. The molecular formula is C13H15NO4. The van der Waals surface area contributed by atoms with Crippen molar-refractivity contribution in [3.8, 4) is 17.6 Å². The Kier molecular flexibility index (Phi) is 6.30. The molecule has 0 atom stereocenters. The quantitative estimate of drug-likeness (QED) is 0.432. The summed E-state index contributed by atoms with van der Waals surface area (Å²) in [7, 11) is 1.54. The Bertz CT molecular complexity index is 431. The first kappa shape index (κ1) is 14.0. The highest BCUT2D eigenvalue weighted by atomic mass is 16.6. The standard InChI is InChI=1S/C13H15NO4/c1-3-4-7-17-11-5-6-12(14-10-11)13(15)18-9-8-16-2/h5-6,10H,7-9H2,1-2H3. The second-order valence-electron chi connectivity index (χ2n) is 3.22. The molecule has 0 unspecified atom stereocenters. The highest BCUT2D eigenvalue weighted by Crippen LogP contribution is 2.09. The molecule has 5 nitrogen and oxygen atoms in total. The number of hydrogen-bond donors (Lipinski definition) is 0. The van der Waals surface area contributed by atoms with E-state index in [1.807, 2.05) is 0 Å². The number of rotatable bonds is 6. The van der Waals surface area contributed by atoms with Crippen molar-refractivity contribution >= 4 is 5.97 Å². The molecule has 0 spiro atoms. The first-order valence-corrected chi connectivity index (χ1v) is 5.42. The van der Waals surface area contributed by atoms with Crippen molar-refractivity contribution < 1.29 is 19.0 Å². The average molecular weight is 249 g/mol. The monoisotopic (exact) mass is 249 g/mol. The number of esters is 1. The topological polar surface area (TPSA) is 57.7 Å². The van der Waals surface area contributed by atoms with Crippen LogP contribution < -0.4 is 4.74 Å². The molecule has 1 heterocycles. The second-order valence-corrected chi connectivity index (χ2v) is 3.22. The Labute approximate surface area is 106 Å². The van der Waals surface area contributed by atoms with Gasteiger partial charge in [-0.1, -0.05) is 5.92 Å². The van der Waals surface area contributed by atoms with Crippen LogP contribution in [0.5, 0.6) is 5.75 Å². The van der Waals surface area contributed by atoms with Gasteiger partial charge in [-0.15, -0.1) is 5.92 Å². The number of aromatic nitrogens is 1. The number of pyridine rings is 1. The van der Waals surface area contributed by atoms with Crippen LogP contribution in [0, 0.1) is 11.8 Å². The first-order valence-electron chi connectivity index (χ1n) is 5.42. The minimum atomic E-state index is -0.480. The Morgan fingerprint density at radius 2 is 2.22 bits per heavy atom. The van der Waals surface area contributed by atoms with Gasteiger partial charge in [-0.25, -0.2) is 9.78 Å². The van der Waals surface area contributed by atoms with Gasteiger partial charge in [-0.3, -0.25) is 0 Å². The third-order valence-electron chi connectivity index (χ3n) is 1.95. The van der Waals surface area contributed by atoms with E-state index in [9.17, 15) is 4.79 Å². The maximum absolute atomic E-state index is 11.5. The minimum Gasteiger partial charge on any atom is -0.479 e. The van der Waals surface area contributed by atoms with Gasteiger partial charge in [0.1, 0.15) is 24.7 Å². The predicted octanol–water partition coefficient (Wildman–Crippen LogP) is 1.29. The van der Waals surface area contributed by atoms with Crippen LogP contribution in [0.25, 0.3) is 0 Å². The lowest BCUT2D eigenvalue weighted by atomic mass is 10.3. The fourth-order valence-electron chi connectivity index (χ4n) is 1.07. The number of ether oxygens (including phenoxy) is 3. The summed E-state index contributed by atoms with van der Waals surface area (Å²) in [6, 6.07) is 3.20. The molecule has 0 fully saturated rings. The van der Waals surface area contributed by atoms with Crippen molar-refractivity contribution in [1.29, 1.82) is 0 Å². The molecule has 0 saturated heterocycles. The average Bonchev–Trinajstić information content (AvgIpc) is 2.40. The first-order chi connectivity index (χ1) is 8.77. The van der Waals surface area contributed by atoms with Crippen molar-refractivity contribution in [1.82, 2.24) is 4.98 Å². The fraction of sp³-hybridized carbons (Fsp3) is 0.385. The third kappa shape index (κ3) is 4.85. The van der Waals surface area contributed by atoms with E-state index in [4.69, 9.17) is 14.2 Å². The molecule has 18 heavy (non-hydrogen) atoms. The molecule has 0 aliphatic carbocycles. The van der Waals surface area contributed by atoms with E-state index in [2.05, 4.69) is 16.8 Å². The van der Waals surface area contributed by atoms with Crippen molar-refractivity contribution in [2.75, 3.05) is 26.9 Å². The SMILES string of the molecule is CC#CCOc1ccc(C(=O)OCCOC)nc1. The van der Waals surface area contributed by atoms with Gasteiger partial charge in [0.2, 0.25) is 0 Å². The summed E-state index contributed by atoms with van der Waals surface area (Å²) in [5.41, 5.74) is 0.236. The van der Waals surface area contributed by atoms with E-state index in [-0.39, 0.29) is 12.3 Å². The van der Waals surface area contributed by atoms with Crippen molar-refractivity contribution in [2.24, 2.45) is 0 Å². The van der Waals surface area contributed by atoms with Crippen LogP contribution in [-0.4, -0.2) is 37.9 Å². The van der Waals surface area contributed by atoms with Gasteiger partial charge in [0.05, 0.1) is 12.8 Å². The number of carbonyl (C=O) groups excluding carboxylic acids is 1. The molecule has 1 aromatic rings. The summed E-state index contributed by atoms with van der Waals surface area (Å²) in [6.45, 7) is 2.61. The number of methoxy groups -OCH3 is 1. The summed E-state index contributed by atoms with van der Waals surface area (Å²) in [5, 5.41) is 0. The largest absolute Gasteiger partial charge is 0.479 e. The molecule has 0 aromatic carbocycles. The Balaban J connectivity index is 2.47. The smallest absolute Gasteiger partial charge is 0.357 e. The Morgan fingerprint density at radius 1 is 1.39 bits per heavy atom. The predicted molar refractivity (Wildman–Crippen MR) is 65.3 cm³/mol. The highest BCUT2D eigenvalue weighted by Gasteiger charge is 2.08. The van der Waals surface area contributed by atoms with E-state index in [1.54, 1.807) is 19.1 Å². The lowest BCUT2D eigenvalue weighted by Gasteiger charge is -2.04. The van der Waals surface area contributed by atoms with Crippen LogP contribution in [0.1, 0.15) is 17.4 Å². The zero-order valence-electron chi connectivity index (χ0n) is 10.4. The normalized spacial score (nSPS) is 9.22. The Morgan fingerprint density at radius 3 is 2.83 bits per heavy atom. The Hall–Kier alpha value is -2.06. The summed E-state index contributed by atoms with van der Waals surface area (Å²) in [4.78, 5) is 15.4. The highest BCUT2D eigenvalue weighted by molar-refractivity contribution is 5.87. The van der Waals surface area contributed by atoms with Gasteiger partial charge in [-0.2, -0.15) is 0 Å². The third-order valence-corrected chi connectivity index (χ3v) is 1.95. The molecule has 0 saturated carbocycles. The van der Waals surface area contributed by atoms with E-state index >= 15 is 0 Å². The maximum Gasteiger partial charge on any atom is 0.357 e. The van der Waals surface area contributed by atoms with Gasteiger partial charge < -0.3 is 14.2 Å². The summed E-state index contributed by atoms with van der Waals surface area (Å²) >= 11 is 0. The summed E-state index contributed by atoms with van der Waals surface area (Å²) in [5.74, 6) is 5.56. The fourth-order valence-corrected chi connectivity index (χ4v) is 1.07. The van der Waals surface area contributed by atoms with E-state index in [0.29, 0.717) is 19.0 Å². The number of nitrogens with zero attached hydrogens (tertiary/aromatic N) is 1. The van der Waals surface area contributed by atoms with Crippen LogP contribution in [0.4, 0.5) is 0 Å². The van der Waals surface area contributed by atoms with Crippen LogP contribution >= 0.6 is 0 Å². The van der Waals surface area contributed by atoms with Crippen LogP contribution in [0.15, 0.2) is 18.3 Å². The van der Waals surface area contributed by atoms with Gasteiger partial charge in [0.15, 0.2) is 0 Å². The van der Waals surface area contributed by atoms with Crippen LogP contribution in [0.3, 0.4) is 0 Å². The second kappa shape index (κ2) is 8.09. The molecule has 0 radical (unpaired) electrons. The minimum absolute atomic E-state index is 0.210. The van der Waals surface area contributed by atoms with Gasteiger partial charge in [0, 0.05) is 7.11 Å². The molecule has 1 rings (SSSR count). The molecule has 0 N–H and O–H groups in total. The summed E-state index contributed by atoms with van der Waals surface area (Å²) in [6.07, 6.45) is 1.46. The molecular weight excluding hydrogens is 234 g/mol. The number of hydrogen-bond acceptors (Lipinski definition) is 5. The molecule has 5 heteroatoms. The van der Waals surface area contributed by atoms with Gasteiger partial charge in [0.25, 0.3) is 0 Å². The van der Waals surface area contributed by atoms with Crippen LogP contribution in [-0.2, 0) is 9.47 Å². The summed E-state index contributed by atoms with van der Waals surface area (Å²) < 4.78 is 15.0.